The third-order valence-electron chi connectivity index (χ3n) is 4.36. The molecule has 1 heterocycles. The minimum absolute atomic E-state index is 0.639. The Hall–Kier alpha value is -0.0800. The quantitative estimate of drug-likeness (QED) is 0.749. The van der Waals surface area contributed by atoms with Gasteiger partial charge in [-0.3, -0.25) is 0 Å². The average Bonchev–Trinajstić information content (AvgIpc) is 3.05. The molecule has 2 rings (SSSR count). The third kappa shape index (κ3) is 3.46. The topological polar surface area (TPSA) is 15.3 Å². The van der Waals surface area contributed by atoms with E-state index in [0.717, 1.165) is 6.04 Å². The molecule has 1 saturated heterocycles. The molecule has 1 aliphatic carbocycles. The summed E-state index contributed by atoms with van der Waals surface area (Å²) in [7, 11) is 0. The summed E-state index contributed by atoms with van der Waals surface area (Å²) >= 11 is 0. The number of nitrogens with one attached hydrogen (secondary N) is 1. The van der Waals surface area contributed by atoms with Gasteiger partial charge in [-0.25, -0.2) is 0 Å². The van der Waals surface area contributed by atoms with Crippen molar-refractivity contribution >= 4 is 0 Å². The van der Waals surface area contributed by atoms with Gasteiger partial charge >= 0.3 is 0 Å². The normalized spacial score (nSPS) is 26.8. The summed E-state index contributed by atoms with van der Waals surface area (Å²) < 4.78 is 0. The zero-order chi connectivity index (χ0) is 10.7. The van der Waals surface area contributed by atoms with Crippen LogP contribution in [-0.4, -0.2) is 37.1 Å². The van der Waals surface area contributed by atoms with E-state index < -0.39 is 0 Å². The van der Waals surface area contributed by atoms with E-state index >= 15 is 0 Å². The number of likely N-dealkylation sites (tertiary alicyclic amines) is 1. The maximum Gasteiger partial charge on any atom is 0.0107 e. The highest BCUT2D eigenvalue weighted by molar-refractivity contribution is 4.83. The van der Waals surface area contributed by atoms with Crippen LogP contribution in [0.2, 0.25) is 0 Å². The zero-order valence-electron chi connectivity index (χ0n) is 10.4. The van der Waals surface area contributed by atoms with Crippen molar-refractivity contribution in [3.8, 4) is 0 Å². The fourth-order valence-corrected chi connectivity index (χ4v) is 2.38. The number of hydrogen-bond donors (Lipinski definition) is 1. The van der Waals surface area contributed by atoms with Crippen LogP contribution in [-0.2, 0) is 0 Å². The van der Waals surface area contributed by atoms with E-state index in [1.54, 1.807) is 0 Å². The Morgan fingerprint density at radius 3 is 2.47 bits per heavy atom. The van der Waals surface area contributed by atoms with Gasteiger partial charge in [-0.15, -0.1) is 0 Å². The molecule has 2 fully saturated rings. The molecule has 0 unspecified atom stereocenters. The molecule has 2 aliphatic rings. The van der Waals surface area contributed by atoms with Crippen LogP contribution in [0, 0.1) is 5.41 Å². The van der Waals surface area contributed by atoms with E-state index in [9.17, 15) is 0 Å². The van der Waals surface area contributed by atoms with Crippen LogP contribution >= 0.6 is 0 Å². The predicted octanol–water partition coefficient (Wildman–Crippen LogP) is 2.25. The van der Waals surface area contributed by atoms with E-state index in [2.05, 4.69) is 24.1 Å². The largest absolute Gasteiger partial charge is 0.313 e. The highest BCUT2D eigenvalue weighted by Gasteiger charge is 2.28. The van der Waals surface area contributed by atoms with Gasteiger partial charge in [0.15, 0.2) is 0 Å². The van der Waals surface area contributed by atoms with Gasteiger partial charge in [0.05, 0.1) is 0 Å². The van der Waals surface area contributed by atoms with E-state index in [1.807, 2.05) is 0 Å². The smallest absolute Gasteiger partial charge is 0.0107 e. The van der Waals surface area contributed by atoms with Gasteiger partial charge in [0.2, 0.25) is 0 Å². The Labute approximate surface area is 94.4 Å². The summed E-state index contributed by atoms with van der Waals surface area (Å²) in [6, 6.07) is 0.871. The van der Waals surface area contributed by atoms with Gasteiger partial charge in [-0.2, -0.15) is 0 Å². The van der Waals surface area contributed by atoms with Gasteiger partial charge in [-0.05, 0) is 44.2 Å². The SMILES string of the molecule is CCC1(C)CCN(CCNC2CC2)CC1. The van der Waals surface area contributed by atoms with Crippen molar-refractivity contribution in [3.63, 3.8) is 0 Å². The maximum atomic E-state index is 3.60. The van der Waals surface area contributed by atoms with Crippen molar-refractivity contribution in [3.05, 3.63) is 0 Å². The highest BCUT2D eigenvalue weighted by atomic mass is 15.1. The molecule has 0 aromatic rings. The van der Waals surface area contributed by atoms with Crippen LogP contribution in [0.25, 0.3) is 0 Å². The van der Waals surface area contributed by atoms with Crippen LogP contribution in [0.5, 0.6) is 0 Å². The Morgan fingerprint density at radius 1 is 1.27 bits per heavy atom. The second kappa shape index (κ2) is 4.84. The lowest BCUT2D eigenvalue weighted by atomic mass is 9.78. The van der Waals surface area contributed by atoms with Crippen molar-refractivity contribution < 1.29 is 0 Å². The van der Waals surface area contributed by atoms with E-state index in [-0.39, 0.29) is 0 Å². The Balaban J connectivity index is 1.60. The first-order valence-corrected chi connectivity index (χ1v) is 6.68. The molecule has 2 nitrogen and oxygen atoms in total. The first-order valence-electron chi connectivity index (χ1n) is 6.68. The molecule has 0 bridgehead atoms. The molecule has 1 N–H and O–H groups in total. The van der Waals surface area contributed by atoms with Crippen LogP contribution < -0.4 is 5.32 Å². The second-order valence-corrected chi connectivity index (χ2v) is 5.73. The summed E-state index contributed by atoms with van der Waals surface area (Å²) in [6.07, 6.45) is 6.96. The minimum Gasteiger partial charge on any atom is -0.313 e. The van der Waals surface area contributed by atoms with Crippen molar-refractivity contribution in [2.45, 2.75) is 52.0 Å². The molecule has 15 heavy (non-hydrogen) atoms. The first kappa shape index (κ1) is 11.4. The van der Waals surface area contributed by atoms with Gasteiger partial charge in [0.1, 0.15) is 0 Å². The lowest BCUT2D eigenvalue weighted by Crippen LogP contribution is -2.41. The van der Waals surface area contributed by atoms with Gasteiger partial charge in [-0.1, -0.05) is 20.3 Å². The number of piperidine rings is 1. The summed E-state index contributed by atoms with van der Waals surface area (Å²) in [4.78, 5) is 2.63. The highest BCUT2D eigenvalue weighted by Crippen LogP contribution is 2.33. The predicted molar refractivity (Wildman–Crippen MR) is 65.1 cm³/mol. The van der Waals surface area contributed by atoms with Crippen molar-refractivity contribution in [1.29, 1.82) is 0 Å². The molecule has 0 spiro atoms. The third-order valence-corrected chi connectivity index (χ3v) is 4.36. The molecule has 88 valence electrons. The summed E-state index contributed by atoms with van der Waals surface area (Å²) in [5.41, 5.74) is 0.639. The molecule has 0 amide bonds. The lowest BCUT2D eigenvalue weighted by molar-refractivity contribution is 0.115. The maximum absolute atomic E-state index is 3.60. The molecule has 0 aromatic carbocycles. The second-order valence-electron chi connectivity index (χ2n) is 5.73. The standard InChI is InChI=1S/C13H26N2/c1-3-13(2)6-9-15(10-7-13)11-8-14-12-4-5-12/h12,14H,3-11H2,1-2H3. The van der Waals surface area contributed by atoms with E-state index in [0.29, 0.717) is 5.41 Å². The van der Waals surface area contributed by atoms with Crippen molar-refractivity contribution in [2.24, 2.45) is 5.41 Å². The van der Waals surface area contributed by atoms with Crippen LogP contribution in [0.15, 0.2) is 0 Å². The summed E-state index contributed by atoms with van der Waals surface area (Å²) in [5, 5.41) is 3.60. The number of nitrogens with zero attached hydrogens (tertiary/aromatic N) is 1. The molecular formula is C13H26N2. The van der Waals surface area contributed by atoms with Gasteiger partial charge in [0.25, 0.3) is 0 Å². The van der Waals surface area contributed by atoms with Gasteiger partial charge < -0.3 is 10.2 Å². The van der Waals surface area contributed by atoms with Crippen molar-refractivity contribution in [1.82, 2.24) is 10.2 Å². The molecule has 1 aliphatic heterocycles. The molecular weight excluding hydrogens is 184 g/mol. The molecule has 0 radical (unpaired) electrons. The monoisotopic (exact) mass is 210 g/mol. The molecule has 0 aromatic heterocycles. The van der Waals surface area contributed by atoms with Gasteiger partial charge in [0, 0.05) is 19.1 Å². The summed E-state index contributed by atoms with van der Waals surface area (Å²) in [5.74, 6) is 0. The molecule has 2 heteroatoms. The van der Waals surface area contributed by atoms with Crippen molar-refractivity contribution in [2.75, 3.05) is 26.2 Å². The number of hydrogen-bond acceptors (Lipinski definition) is 2. The zero-order valence-corrected chi connectivity index (χ0v) is 10.4. The van der Waals surface area contributed by atoms with E-state index in [1.165, 1.54) is 58.3 Å². The van der Waals surface area contributed by atoms with Crippen LogP contribution in [0.3, 0.4) is 0 Å². The Kier molecular flexibility index (Phi) is 3.68. The Bertz CT molecular complexity index is 191. The fraction of sp³-hybridized carbons (Fsp3) is 1.00. The minimum atomic E-state index is 0.639. The fourth-order valence-electron chi connectivity index (χ4n) is 2.38. The molecule has 1 saturated carbocycles. The van der Waals surface area contributed by atoms with Crippen LogP contribution in [0.1, 0.15) is 46.0 Å². The molecule has 0 atom stereocenters. The van der Waals surface area contributed by atoms with E-state index in [4.69, 9.17) is 0 Å². The Morgan fingerprint density at radius 2 is 1.93 bits per heavy atom. The van der Waals surface area contributed by atoms with Crippen LogP contribution in [0.4, 0.5) is 0 Å². The first-order chi connectivity index (χ1) is 7.22. The summed E-state index contributed by atoms with van der Waals surface area (Å²) in [6.45, 7) is 9.88. The average molecular weight is 210 g/mol. The lowest BCUT2D eigenvalue weighted by Gasteiger charge is -2.39. The number of rotatable bonds is 5.